The van der Waals surface area contributed by atoms with Crippen LogP contribution in [0.15, 0.2) is 0 Å². The van der Waals surface area contributed by atoms with Gasteiger partial charge in [-0.3, -0.25) is 0 Å². The SMILES string of the molecule is CCCCCCCCCCCCC.C[CH2][Al]([CH2]C)[CH2]C. The first-order chi connectivity index (χ1) is 9.76. The largest absolute Gasteiger partial charge is 0.261 e. The van der Waals surface area contributed by atoms with Gasteiger partial charge in [-0.05, 0) is 0 Å². The standard InChI is InChI=1S/C13H28.3C2H5.Al/c1-3-5-7-9-11-13-12-10-8-6-4-2;3*1-2;/h3-13H2,1-2H3;3*1H2,2H3;. The zero-order valence-corrected chi connectivity index (χ0v) is 16.6. The summed E-state index contributed by atoms with van der Waals surface area (Å²) < 4.78 is 0. The normalized spacial score (nSPS) is 10.1. The van der Waals surface area contributed by atoms with Gasteiger partial charge in [-0.1, -0.05) is 121 Å². The summed E-state index contributed by atoms with van der Waals surface area (Å²) in [5, 5.41) is 4.48. The molecule has 0 saturated heterocycles. The Hall–Kier alpha value is 0.532. The van der Waals surface area contributed by atoms with E-state index in [1.165, 1.54) is 86.5 Å². The summed E-state index contributed by atoms with van der Waals surface area (Å²) in [6, 6.07) is 0. The Kier molecular flexibility index (Phi) is 24.9. The molecule has 0 spiro atoms. The predicted octanol–water partition coefficient (Wildman–Crippen LogP) is 7.86. The smallest absolute Gasteiger partial charge is 0.0967 e. The second-order valence-electron chi connectivity index (χ2n) is 6.27. The van der Waals surface area contributed by atoms with Gasteiger partial charge in [0.1, 0.15) is 0 Å². The molecule has 0 amide bonds. The van der Waals surface area contributed by atoms with Crippen molar-refractivity contribution in [1.82, 2.24) is 0 Å². The number of hydrogen-bond donors (Lipinski definition) is 0. The molecule has 0 atom stereocenters. The zero-order valence-electron chi connectivity index (χ0n) is 15.5. The van der Waals surface area contributed by atoms with E-state index >= 15 is 0 Å². The molecule has 20 heavy (non-hydrogen) atoms. The van der Waals surface area contributed by atoms with E-state index in [0.29, 0.717) is 0 Å². The Labute approximate surface area is 135 Å². The van der Waals surface area contributed by atoms with Gasteiger partial charge in [-0.2, -0.15) is 0 Å². The van der Waals surface area contributed by atoms with Gasteiger partial charge in [0.25, 0.3) is 14.1 Å². The highest BCUT2D eigenvalue weighted by Gasteiger charge is 2.05. The first-order valence-electron chi connectivity index (χ1n) is 9.76. The second kappa shape index (κ2) is 21.8. The Morgan fingerprint density at radius 1 is 0.400 bits per heavy atom. The van der Waals surface area contributed by atoms with Crippen molar-refractivity contribution < 1.29 is 0 Å². The van der Waals surface area contributed by atoms with Crippen LogP contribution in [-0.4, -0.2) is 14.1 Å². The molecular weight excluding hydrogens is 255 g/mol. The minimum Gasteiger partial charge on any atom is -0.0967 e. The van der Waals surface area contributed by atoms with Crippen LogP contribution in [0.5, 0.6) is 0 Å². The van der Waals surface area contributed by atoms with E-state index in [0.717, 1.165) is 0 Å². The first-order valence-corrected chi connectivity index (χ1v) is 12.2. The molecule has 0 saturated carbocycles. The van der Waals surface area contributed by atoms with Crippen LogP contribution in [0.3, 0.4) is 0 Å². The summed E-state index contributed by atoms with van der Waals surface area (Å²) >= 11 is -0.171. The van der Waals surface area contributed by atoms with Crippen molar-refractivity contribution in [3.8, 4) is 0 Å². The van der Waals surface area contributed by atoms with Crippen molar-refractivity contribution in [2.24, 2.45) is 0 Å². The molecule has 0 aromatic rings. The maximum Gasteiger partial charge on any atom is 0.261 e. The van der Waals surface area contributed by atoms with Gasteiger partial charge in [-0.15, -0.1) is 0 Å². The van der Waals surface area contributed by atoms with Crippen molar-refractivity contribution in [3.63, 3.8) is 0 Å². The summed E-state index contributed by atoms with van der Waals surface area (Å²) in [5.74, 6) is 0. The summed E-state index contributed by atoms with van der Waals surface area (Å²) in [7, 11) is 0. The van der Waals surface area contributed by atoms with E-state index in [9.17, 15) is 0 Å². The van der Waals surface area contributed by atoms with Crippen molar-refractivity contribution >= 4 is 14.1 Å². The summed E-state index contributed by atoms with van der Waals surface area (Å²) in [6.07, 6.45) is 15.9. The van der Waals surface area contributed by atoms with E-state index in [4.69, 9.17) is 0 Å². The Bertz CT molecular complexity index is 125. The fourth-order valence-electron chi connectivity index (χ4n) is 2.60. The molecule has 1 heteroatoms. The molecule has 0 aliphatic heterocycles. The topological polar surface area (TPSA) is 0 Å². The molecule has 0 radical (unpaired) electrons. The molecule has 0 fully saturated rings. The summed E-state index contributed by atoms with van der Waals surface area (Å²) in [4.78, 5) is 0. The van der Waals surface area contributed by atoms with Crippen LogP contribution < -0.4 is 0 Å². The third-order valence-corrected chi connectivity index (χ3v) is 7.90. The minimum atomic E-state index is -0.171. The molecule has 0 aliphatic carbocycles. The van der Waals surface area contributed by atoms with Crippen molar-refractivity contribution in [3.05, 3.63) is 0 Å². The zero-order chi connectivity index (χ0) is 15.5. The minimum absolute atomic E-state index is 0.171. The molecule has 0 bridgehead atoms. The fourth-order valence-corrected chi connectivity index (χ4v) is 4.34. The second-order valence-corrected chi connectivity index (χ2v) is 10.5. The van der Waals surface area contributed by atoms with Gasteiger partial charge in [0, 0.05) is 0 Å². The lowest BCUT2D eigenvalue weighted by atomic mass is 10.1. The van der Waals surface area contributed by atoms with Crippen LogP contribution in [0.2, 0.25) is 15.8 Å². The van der Waals surface area contributed by atoms with Crippen LogP contribution in [0.4, 0.5) is 0 Å². The number of rotatable bonds is 13. The lowest BCUT2D eigenvalue weighted by Gasteiger charge is -2.00. The van der Waals surface area contributed by atoms with Gasteiger partial charge in [0.2, 0.25) is 0 Å². The number of unbranched alkanes of at least 4 members (excludes halogenated alkanes) is 10. The molecule has 0 aromatic heterocycles. The van der Waals surface area contributed by atoms with Gasteiger partial charge >= 0.3 is 0 Å². The molecule has 122 valence electrons. The molecule has 0 unspecified atom stereocenters. The lowest BCUT2D eigenvalue weighted by molar-refractivity contribution is 0.554. The van der Waals surface area contributed by atoms with E-state index in [2.05, 4.69) is 34.6 Å². The van der Waals surface area contributed by atoms with Crippen LogP contribution in [0.25, 0.3) is 0 Å². The highest BCUT2D eigenvalue weighted by atomic mass is 27.2. The molecule has 0 N–H and O–H groups in total. The van der Waals surface area contributed by atoms with Crippen LogP contribution in [0, 0.1) is 0 Å². The van der Waals surface area contributed by atoms with E-state index in [-0.39, 0.29) is 14.1 Å². The third-order valence-electron chi connectivity index (χ3n) is 4.44. The van der Waals surface area contributed by atoms with Crippen LogP contribution in [-0.2, 0) is 0 Å². The van der Waals surface area contributed by atoms with Crippen molar-refractivity contribution in [1.29, 1.82) is 0 Å². The van der Waals surface area contributed by atoms with Crippen LogP contribution in [0.1, 0.15) is 105 Å². The van der Waals surface area contributed by atoms with Crippen molar-refractivity contribution in [2.45, 2.75) is 121 Å². The Balaban J connectivity index is 0. The highest BCUT2D eigenvalue weighted by Crippen LogP contribution is 2.10. The van der Waals surface area contributed by atoms with E-state index in [1.54, 1.807) is 0 Å². The fraction of sp³-hybridized carbons (Fsp3) is 1.00. The van der Waals surface area contributed by atoms with Crippen molar-refractivity contribution in [2.75, 3.05) is 0 Å². The van der Waals surface area contributed by atoms with Gasteiger partial charge in [0.05, 0.1) is 0 Å². The average Bonchev–Trinajstić information content (AvgIpc) is 2.48. The lowest BCUT2D eigenvalue weighted by Crippen LogP contribution is -2.04. The van der Waals surface area contributed by atoms with E-state index in [1.807, 2.05) is 0 Å². The van der Waals surface area contributed by atoms with Gasteiger partial charge in [0.15, 0.2) is 0 Å². The Morgan fingerprint density at radius 2 is 0.650 bits per heavy atom. The quantitative estimate of drug-likeness (QED) is 0.240. The van der Waals surface area contributed by atoms with E-state index < -0.39 is 0 Å². The molecule has 0 nitrogen and oxygen atoms in total. The third kappa shape index (κ3) is 20.8. The summed E-state index contributed by atoms with van der Waals surface area (Å²) in [6.45, 7) is 11.5. The summed E-state index contributed by atoms with van der Waals surface area (Å²) in [5.41, 5.74) is 0. The average molecular weight is 299 g/mol. The highest BCUT2D eigenvalue weighted by molar-refractivity contribution is 6.58. The van der Waals surface area contributed by atoms with Crippen LogP contribution >= 0.6 is 0 Å². The monoisotopic (exact) mass is 298 g/mol. The van der Waals surface area contributed by atoms with Gasteiger partial charge in [-0.25, -0.2) is 0 Å². The molecule has 0 aliphatic rings. The first kappa shape index (κ1) is 22.8. The Morgan fingerprint density at radius 3 is 0.800 bits per heavy atom. The van der Waals surface area contributed by atoms with Gasteiger partial charge < -0.3 is 0 Å². The molecule has 0 rings (SSSR count). The maximum atomic E-state index is 2.32. The maximum absolute atomic E-state index is 2.32. The molecule has 0 aromatic carbocycles. The predicted molar refractivity (Wildman–Crippen MR) is 99.3 cm³/mol. The molecular formula is C19H43Al. The number of hydrogen-bond acceptors (Lipinski definition) is 0. The molecule has 0 heterocycles.